The normalized spacial score (nSPS) is 19.8. The summed E-state index contributed by atoms with van der Waals surface area (Å²) in [6.45, 7) is 3.75. The van der Waals surface area contributed by atoms with Gasteiger partial charge in [0, 0.05) is 18.1 Å². The molecule has 0 aromatic heterocycles. The molecule has 1 amide bonds. The fourth-order valence-corrected chi connectivity index (χ4v) is 4.05. The first kappa shape index (κ1) is 18.2. The average Bonchev–Trinajstić information content (AvgIpc) is 2.95. The topological polar surface area (TPSA) is 78.5 Å². The van der Waals surface area contributed by atoms with Gasteiger partial charge in [0.05, 0.1) is 10.9 Å². The summed E-state index contributed by atoms with van der Waals surface area (Å²) in [7, 11) is -1.86. The van der Waals surface area contributed by atoms with Crippen molar-refractivity contribution in [2.45, 2.75) is 24.3 Å². The number of rotatable bonds is 6. The smallest absolute Gasteiger partial charge is 0.241 e. The van der Waals surface area contributed by atoms with Crippen LogP contribution in [0.15, 0.2) is 29.2 Å². The van der Waals surface area contributed by atoms with E-state index in [-0.39, 0.29) is 10.8 Å². The monoisotopic (exact) mass is 359 g/mol. The minimum atomic E-state index is -3.74. The van der Waals surface area contributed by atoms with Crippen LogP contribution >= 0.6 is 11.6 Å². The van der Waals surface area contributed by atoms with Crippen LogP contribution in [0.1, 0.15) is 13.3 Å². The molecule has 8 heteroatoms. The third-order valence-corrected chi connectivity index (χ3v) is 5.73. The Labute approximate surface area is 142 Å². The highest BCUT2D eigenvalue weighted by Gasteiger charge is 2.30. The van der Waals surface area contributed by atoms with Crippen molar-refractivity contribution in [1.82, 2.24) is 14.9 Å². The summed E-state index contributed by atoms with van der Waals surface area (Å²) in [5.41, 5.74) is 0. The third kappa shape index (κ3) is 4.67. The molecule has 0 bridgehead atoms. The molecule has 128 valence electrons. The van der Waals surface area contributed by atoms with Gasteiger partial charge in [-0.1, -0.05) is 11.6 Å². The van der Waals surface area contributed by atoms with Crippen LogP contribution in [-0.2, 0) is 14.8 Å². The summed E-state index contributed by atoms with van der Waals surface area (Å²) in [4.78, 5) is 14.2. The number of nitrogens with one attached hydrogen (secondary N) is 2. The molecular formula is C15H22ClN3O3S. The fourth-order valence-electron chi connectivity index (χ4n) is 2.73. The molecule has 1 aliphatic rings. The molecule has 6 nitrogen and oxygen atoms in total. The van der Waals surface area contributed by atoms with Crippen molar-refractivity contribution in [3.05, 3.63) is 29.3 Å². The fraction of sp³-hybridized carbons (Fsp3) is 0.533. The molecular weight excluding hydrogens is 338 g/mol. The molecule has 1 saturated heterocycles. The first-order chi connectivity index (χ1) is 10.8. The summed E-state index contributed by atoms with van der Waals surface area (Å²) < 4.78 is 27.0. The molecule has 2 atom stereocenters. The minimum Gasteiger partial charge on any atom is -0.341 e. The number of carbonyl (C=O) groups is 1. The highest BCUT2D eigenvalue weighted by atomic mass is 35.5. The lowest BCUT2D eigenvalue weighted by Gasteiger charge is -2.22. The molecule has 1 aliphatic heterocycles. The number of hydrogen-bond donors (Lipinski definition) is 2. The molecule has 0 saturated carbocycles. The number of carbonyl (C=O) groups excluding carboxylic acids is 1. The predicted octanol–water partition coefficient (Wildman–Crippen LogP) is 1.07. The van der Waals surface area contributed by atoms with Crippen LogP contribution in [0.2, 0.25) is 5.02 Å². The van der Waals surface area contributed by atoms with E-state index in [1.807, 2.05) is 7.05 Å². The van der Waals surface area contributed by atoms with Gasteiger partial charge in [0.1, 0.15) is 0 Å². The summed E-state index contributed by atoms with van der Waals surface area (Å²) in [6.07, 6.45) is 0.934. The molecule has 23 heavy (non-hydrogen) atoms. The Kier molecular flexibility index (Phi) is 6.02. The highest BCUT2D eigenvalue weighted by Crippen LogP contribution is 2.18. The maximum Gasteiger partial charge on any atom is 0.241 e. The van der Waals surface area contributed by atoms with Crippen LogP contribution in [0.25, 0.3) is 0 Å². The third-order valence-electron chi connectivity index (χ3n) is 3.92. The van der Waals surface area contributed by atoms with Crippen LogP contribution < -0.4 is 10.0 Å². The van der Waals surface area contributed by atoms with E-state index in [1.165, 1.54) is 24.3 Å². The SMILES string of the molecule is CNCC1CCN(C(=O)C(C)NS(=O)(=O)c2ccc(Cl)cc2)C1. The lowest BCUT2D eigenvalue weighted by atomic mass is 10.1. The first-order valence-electron chi connectivity index (χ1n) is 7.55. The molecule has 0 aliphatic carbocycles. The quantitative estimate of drug-likeness (QED) is 0.796. The second kappa shape index (κ2) is 7.61. The Bertz CT molecular complexity index is 648. The Hall–Kier alpha value is -1.15. The summed E-state index contributed by atoms with van der Waals surface area (Å²) in [6, 6.07) is 5.04. The van der Waals surface area contributed by atoms with Gasteiger partial charge < -0.3 is 10.2 Å². The zero-order chi connectivity index (χ0) is 17.0. The second-order valence-electron chi connectivity index (χ2n) is 5.79. The molecule has 1 heterocycles. The lowest BCUT2D eigenvalue weighted by Crippen LogP contribution is -2.46. The number of benzene rings is 1. The van der Waals surface area contributed by atoms with E-state index < -0.39 is 16.1 Å². The summed E-state index contributed by atoms with van der Waals surface area (Å²) >= 11 is 5.76. The van der Waals surface area contributed by atoms with Crippen LogP contribution in [0, 0.1) is 5.92 Å². The number of amides is 1. The van der Waals surface area contributed by atoms with Crippen molar-refractivity contribution in [3.63, 3.8) is 0 Å². The van der Waals surface area contributed by atoms with Crippen molar-refractivity contribution < 1.29 is 13.2 Å². The Balaban J connectivity index is 1.99. The van der Waals surface area contributed by atoms with Crippen molar-refractivity contribution in [2.75, 3.05) is 26.7 Å². The predicted molar refractivity (Wildman–Crippen MR) is 89.8 cm³/mol. The van der Waals surface area contributed by atoms with Gasteiger partial charge in [0.2, 0.25) is 15.9 Å². The van der Waals surface area contributed by atoms with Gasteiger partial charge in [-0.3, -0.25) is 4.79 Å². The number of hydrogen-bond acceptors (Lipinski definition) is 4. The standard InChI is InChI=1S/C15H22ClN3O3S/c1-11(15(20)19-8-7-12(10-19)9-17-2)18-23(21,22)14-5-3-13(16)4-6-14/h3-6,11-12,17-18H,7-10H2,1-2H3. The second-order valence-corrected chi connectivity index (χ2v) is 7.94. The first-order valence-corrected chi connectivity index (χ1v) is 9.41. The van der Waals surface area contributed by atoms with Crippen LogP contribution in [0.5, 0.6) is 0 Å². The van der Waals surface area contributed by atoms with Crippen LogP contribution in [0.4, 0.5) is 0 Å². The summed E-state index contributed by atoms with van der Waals surface area (Å²) in [5, 5.41) is 3.56. The van der Waals surface area contributed by atoms with Gasteiger partial charge >= 0.3 is 0 Å². The zero-order valence-corrected chi connectivity index (χ0v) is 14.8. The highest BCUT2D eigenvalue weighted by molar-refractivity contribution is 7.89. The van der Waals surface area contributed by atoms with Gasteiger partial charge in [-0.25, -0.2) is 8.42 Å². The Morgan fingerprint density at radius 3 is 2.65 bits per heavy atom. The van der Waals surface area contributed by atoms with E-state index in [0.29, 0.717) is 24.0 Å². The molecule has 1 aromatic carbocycles. The van der Waals surface area contributed by atoms with E-state index in [0.717, 1.165) is 13.0 Å². The largest absolute Gasteiger partial charge is 0.341 e. The van der Waals surface area contributed by atoms with Crippen LogP contribution in [-0.4, -0.2) is 51.9 Å². The Morgan fingerprint density at radius 1 is 1.39 bits per heavy atom. The molecule has 1 aromatic rings. The zero-order valence-electron chi connectivity index (χ0n) is 13.3. The van der Waals surface area contributed by atoms with E-state index in [1.54, 1.807) is 11.8 Å². The average molecular weight is 360 g/mol. The lowest BCUT2D eigenvalue weighted by molar-refractivity contribution is -0.131. The van der Waals surface area contributed by atoms with Crippen molar-refractivity contribution in [2.24, 2.45) is 5.92 Å². The van der Waals surface area contributed by atoms with Crippen molar-refractivity contribution in [1.29, 1.82) is 0 Å². The molecule has 2 N–H and O–H groups in total. The van der Waals surface area contributed by atoms with Crippen molar-refractivity contribution in [3.8, 4) is 0 Å². The maximum absolute atomic E-state index is 12.4. The van der Waals surface area contributed by atoms with E-state index in [2.05, 4.69) is 10.0 Å². The number of halogens is 1. The van der Waals surface area contributed by atoms with Crippen molar-refractivity contribution >= 4 is 27.5 Å². The molecule has 1 fully saturated rings. The van der Waals surface area contributed by atoms with E-state index in [4.69, 9.17) is 11.6 Å². The van der Waals surface area contributed by atoms with Gasteiger partial charge in [0.15, 0.2) is 0 Å². The van der Waals surface area contributed by atoms with Gasteiger partial charge in [-0.15, -0.1) is 0 Å². The van der Waals surface area contributed by atoms with Gasteiger partial charge in [-0.05, 0) is 57.1 Å². The van der Waals surface area contributed by atoms with Gasteiger partial charge in [0.25, 0.3) is 0 Å². The molecule has 2 rings (SSSR count). The summed E-state index contributed by atoms with van der Waals surface area (Å²) in [5.74, 6) is 0.227. The van der Waals surface area contributed by atoms with Crippen LogP contribution in [0.3, 0.4) is 0 Å². The molecule has 2 unspecified atom stereocenters. The molecule has 0 radical (unpaired) electrons. The van der Waals surface area contributed by atoms with Gasteiger partial charge in [-0.2, -0.15) is 4.72 Å². The molecule has 0 spiro atoms. The minimum absolute atomic E-state index is 0.0935. The maximum atomic E-state index is 12.4. The number of sulfonamides is 1. The number of nitrogens with zero attached hydrogens (tertiary/aromatic N) is 1. The Morgan fingerprint density at radius 2 is 2.04 bits per heavy atom. The number of likely N-dealkylation sites (tertiary alicyclic amines) is 1. The van der Waals surface area contributed by atoms with E-state index >= 15 is 0 Å². The van der Waals surface area contributed by atoms with E-state index in [9.17, 15) is 13.2 Å².